The highest BCUT2D eigenvalue weighted by Crippen LogP contribution is 2.27. The number of hydrogen-bond acceptors (Lipinski definition) is 5. The highest BCUT2D eigenvalue weighted by Gasteiger charge is 2.40. The van der Waals surface area contributed by atoms with Crippen molar-refractivity contribution in [1.29, 1.82) is 0 Å². The van der Waals surface area contributed by atoms with Crippen LogP contribution in [0.1, 0.15) is 18.0 Å². The SMILES string of the molecule is CN(C(=O)C(Cc1ccccc1)n1cnnn1)C1CCN(c2ccccc2F)C1=O. The predicted molar refractivity (Wildman–Crippen MR) is 107 cm³/mol. The van der Waals surface area contributed by atoms with Crippen LogP contribution in [-0.2, 0) is 16.0 Å². The van der Waals surface area contributed by atoms with E-state index in [-0.39, 0.29) is 17.5 Å². The standard InChI is InChI=1S/C21H21FN6O2/c1-26(18-11-12-27(21(18)30)17-10-6-5-9-16(17)22)20(29)19(28-14-23-24-25-28)13-15-7-3-2-4-8-15/h2-10,14,18-19H,11-13H2,1H3. The van der Waals surface area contributed by atoms with Gasteiger partial charge in [-0.15, -0.1) is 5.10 Å². The summed E-state index contributed by atoms with van der Waals surface area (Å²) >= 11 is 0. The topological polar surface area (TPSA) is 84.2 Å². The normalized spacial score (nSPS) is 17.2. The quantitative estimate of drug-likeness (QED) is 0.622. The predicted octanol–water partition coefficient (Wildman–Crippen LogP) is 1.86. The number of likely N-dealkylation sites (N-methyl/N-ethyl adjacent to an activating group) is 1. The molecule has 2 atom stereocenters. The lowest BCUT2D eigenvalue weighted by Gasteiger charge is -2.28. The molecule has 3 aromatic rings. The van der Waals surface area contributed by atoms with Crippen LogP contribution < -0.4 is 4.90 Å². The van der Waals surface area contributed by atoms with Crippen LogP contribution in [0.15, 0.2) is 60.9 Å². The van der Waals surface area contributed by atoms with Gasteiger partial charge in [-0.3, -0.25) is 9.59 Å². The molecule has 0 bridgehead atoms. The van der Waals surface area contributed by atoms with Gasteiger partial charge in [0, 0.05) is 20.0 Å². The number of aromatic nitrogens is 4. The van der Waals surface area contributed by atoms with Crippen LogP contribution in [0.4, 0.5) is 10.1 Å². The molecule has 2 unspecified atom stereocenters. The maximum atomic E-state index is 14.2. The van der Waals surface area contributed by atoms with Gasteiger partial charge in [-0.2, -0.15) is 0 Å². The van der Waals surface area contributed by atoms with Gasteiger partial charge in [-0.25, -0.2) is 9.07 Å². The zero-order valence-electron chi connectivity index (χ0n) is 16.4. The average molecular weight is 408 g/mol. The molecular formula is C21H21FN6O2. The first kappa shape index (κ1) is 19.7. The fourth-order valence-corrected chi connectivity index (χ4v) is 3.77. The number of halogens is 1. The largest absolute Gasteiger partial charge is 0.332 e. The molecule has 0 aliphatic carbocycles. The molecule has 0 N–H and O–H groups in total. The minimum atomic E-state index is -0.692. The van der Waals surface area contributed by atoms with E-state index in [2.05, 4.69) is 15.5 Å². The number of tetrazole rings is 1. The Labute approximate surface area is 172 Å². The molecule has 30 heavy (non-hydrogen) atoms. The Morgan fingerprint density at radius 3 is 2.63 bits per heavy atom. The van der Waals surface area contributed by atoms with E-state index in [0.29, 0.717) is 19.4 Å². The molecule has 1 aliphatic rings. The highest BCUT2D eigenvalue weighted by molar-refractivity contribution is 6.01. The number of nitrogens with zero attached hydrogens (tertiary/aromatic N) is 6. The second-order valence-electron chi connectivity index (χ2n) is 7.19. The molecule has 8 nitrogen and oxygen atoms in total. The Morgan fingerprint density at radius 1 is 1.20 bits per heavy atom. The first-order chi connectivity index (χ1) is 14.6. The molecule has 1 aromatic heterocycles. The van der Waals surface area contributed by atoms with Crippen molar-refractivity contribution in [1.82, 2.24) is 25.1 Å². The third-order valence-corrected chi connectivity index (χ3v) is 5.38. The van der Waals surface area contributed by atoms with E-state index in [1.54, 1.807) is 25.2 Å². The van der Waals surface area contributed by atoms with Gasteiger partial charge in [0.1, 0.15) is 24.2 Å². The summed E-state index contributed by atoms with van der Waals surface area (Å²) in [5.74, 6) is -1.04. The zero-order chi connectivity index (χ0) is 21.1. The number of carbonyl (C=O) groups is 2. The second kappa shape index (κ2) is 8.40. The van der Waals surface area contributed by atoms with Gasteiger partial charge in [-0.1, -0.05) is 42.5 Å². The first-order valence-corrected chi connectivity index (χ1v) is 9.65. The summed E-state index contributed by atoms with van der Waals surface area (Å²) in [4.78, 5) is 29.2. The minimum Gasteiger partial charge on any atom is -0.332 e. The highest BCUT2D eigenvalue weighted by atomic mass is 19.1. The Bertz CT molecular complexity index is 1030. The van der Waals surface area contributed by atoms with Gasteiger partial charge in [0.25, 0.3) is 0 Å². The van der Waals surface area contributed by atoms with Gasteiger partial charge in [0.2, 0.25) is 11.8 Å². The summed E-state index contributed by atoms with van der Waals surface area (Å²) in [5.41, 5.74) is 1.18. The van der Waals surface area contributed by atoms with E-state index >= 15 is 0 Å². The van der Waals surface area contributed by atoms with Crippen molar-refractivity contribution in [3.05, 3.63) is 72.3 Å². The lowest BCUT2D eigenvalue weighted by atomic mass is 10.0. The first-order valence-electron chi connectivity index (χ1n) is 9.65. The molecule has 2 aromatic carbocycles. The van der Waals surface area contributed by atoms with Gasteiger partial charge in [0.05, 0.1) is 5.69 Å². The van der Waals surface area contributed by atoms with Crippen LogP contribution >= 0.6 is 0 Å². The van der Waals surface area contributed by atoms with Crippen molar-refractivity contribution in [2.45, 2.75) is 24.9 Å². The summed E-state index contributed by atoms with van der Waals surface area (Å²) in [6, 6.07) is 14.3. The molecular weight excluding hydrogens is 387 g/mol. The van der Waals surface area contributed by atoms with Crippen LogP contribution in [0.25, 0.3) is 0 Å². The number of anilines is 1. The molecule has 1 fully saturated rings. The number of amides is 2. The molecule has 1 aliphatic heterocycles. The third kappa shape index (κ3) is 3.78. The lowest BCUT2D eigenvalue weighted by Crippen LogP contribution is -2.46. The van der Waals surface area contributed by atoms with Crippen LogP contribution in [0.5, 0.6) is 0 Å². The van der Waals surface area contributed by atoms with Gasteiger partial charge < -0.3 is 9.80 Å². The maximum absolute atomic E-state index is 14.2. The molecule has 0 saturated carbocycles. The van der Waals surface area contributed by atoms with Crippen LogP contribution in [0, 0.1) is 5.82 Å². The van der Waals surface area contributed by atoms with E-state index in [0.717, 1.165) is 5.56 Å². The van der Waals surface area contributed by atoms with Crippen molar-refractivity contribution >= 4 is 17.5 Å². The molecule has 0 radical (unpaired) electrons. The summed E-state index contributed by atoms with van der Waals surface area (Å²) in [7, 11) is 1.60. The van der Waals surface area contributed by atoms with E-state index in [9.17, 15) is 14.0 Å². The van der Waals surface area contributed by atoms with E-state index in [1.165, 1.54) is 26.9 Å². The van der Waals surface area contributed by atoms with Gasteiger partial charge in [-0.05, 0) is 34.5 Å². The Hall–Kier alpha value is -3.62. The Morgan fingerprint density at radius 2 is 1.93 bits per heavy atom. The van der Waals surface area contributed by atoms with E-state index in [1.807, 2.05) is 30.3 Å². The summed E-state index contributed by atoms with van der Waals surface area (Å²) in [6.07, 6.45) is 2.19. The molecule has 9 heteroatoms. The molecule has 2 amide bonds. The fraction of sp³-hybridized carbons (Fsp3) is 0.286. The van der Waals surface area contributed by atoms with Crippen LogP contribution in [-0.4, -0.2) is 56.6 Å². The summed E-state index contributed by atoms with van der Waals surface area (Å²) in [5, 5.41) is 11.2. The van der Waals surface area contributed by atoms with Crippen molar-refractivity contribution in [3.8, 4) is 0 Å². The van der Waals surface area contributed by atoms with E-state index in [4.69, 9.17) is 0 Å². The number of carbonyl (C=O) groups excluding carboxylic acids is 2. The van der Waals surface area contributed by atoms with Gasteiger partial charge >= 0.3 is 0 Å². The fourth-order valence-electron chi connectivity index (χ4n) is 3.77. The van der Waals surface area contributed by atoms with Crippen molar-refractivity contribution in [2.24, 2.45) is 0 Å². The number of para-hydroxylation sites is 1. The minimum absolute atomic E-state index is 0.229. The Kier molecular flexibility index (Phi) is 5.51. The van der Waals surface area contributed by atoms with E-state index < -0.39 is 17.9 Å². The van der Waals surface area contributed by atoms with Crippen molar-refractivity contribution in [3.63, 3.8) is 0 Å². The zero-order valence-corrected chi connectivity index (χ0v) is 16.4. The van der Waals surface area contributed by atoms with Gasteiger partial charge in [0.15, 0.2) is 0 Å². The molecule has 4 rings (SSSR count). The molecule has 154 valence electrons. The number of hydrogen-bond donors (Lipinski definition) is 0. The Balaban J connectivity index is 1.55. The second-order valence-corrected chi connectivity index (χ2v) is 7.19. The molecule has 0 spiro atoms. The monoisotopic (exact) mass is 408 g/mol. The maximum Gasteiger partial charge on any atom is 0.249 e. The van der Waals surface area contributed by atoms with Crippen LogP contribution in [0.3, 0.4) is 0 Å². The third-order valence-electron chi connectivity index (χ3n) is 5.38. The van der Waals surface area contributed by atoms with Crippen molar-refractivity contribution < 1.29 is 14.0 Å². The molecule has 1 saturated heterocycles. The summed E-state index contributed by atoms with van der Waals surface area (Å²) < 4.78 is 15.6. The van der Waals surface area contributed by atoms with Crippen molar-refractivity contribution in [2.75, 3.05) is 18.5 Å². The molecule has 2 heterocycles. The average Bonchev–Trinajstić information content (AvgIpc) is 3.42. The van der Waals surface area contributed by atoms with Crippen LogP contribution in [0.2, 0.25) is 0 Å². The smallest absolute Gasteiger partial charge is 0.249 e. The lowest BCUT2D eigenvalue weighted by molar-refractivity contribution is -0.139. The number of benzene rings is 2. The summed E-state index contributed by atoms with van der Waals surface area (Å²) in [6.45, 7) is 0.344. The number of rotatable bonds is 6.